The number of methoxy groups -OCH3 is 1. The fourth-order valence-corrected chi connectivity index (χ4v) is 3.49. The van der Waals surface area contributed by atoms with Crippen molar-refractivity contribution in [2.45, 2.75) is 32.5 Å². The molecule has 0 heterocycles. The first-order valence-electron chi connectivity index (χ1n) is 10.2. The molecule has 0 radical (unpaired) electrons. The van der Waals surface area contributed by atoms with Gasteiger partial charge in [-0.1, -0.05) is 72.8 Å². The van der Waals surface area contributed by atoms with Crippen molar-refractivity contribution in [1.29, 1.82) is 0 Å². The molecule has 0 saturated heterocycles. The second kappa shape index (κ2) is 10.4. The maximum atomic E-state index is 13.8. The van der Waals surface area contributed by atoms with Crippen molar-refractivity contribution >= 4 is 11.9 Å². The van der Waals surface area contributed by atoms with Crippen LogP contribution in [0.4, 0.5) is 0 Å². The number of carbonyl (C=O) groups is 2. The lowest BCUT2D eigenvalue weighted by molar-refractivity contribution is -0.160. The average molecular weight is 418 g/mol. The number of hydrogen-bond acceptors (Lipinski definition) is 4. The van der Waals surface area contributed by atoms with E-state index in [1.165, 1.54) is 6.92 Å². The molecule has 0 N–H and O–H groups in total. The lowest BCUT2D eigenvalue weighted by atomic mass is 10.0. The van der Waals surface area contributed by atoms with E-state index in [1.807, 2.05) is 79.7 Å². The molecule has 1 amide bonds. The second-order valence-corrected chi connectivity index (χ2v) is 7.30. The van der Waals surface area contributed by atoms with Crippen LogP contribution in [0.2, 0.25) is 0 Å². The molecule has 0 unspecified atom stereocenters. The van der Waals surface area contributed by atoms with E-state index >= 15 is 0 Å². The SMILES string of the molecule is COc1cccc(CN(C(=O)[C@@H](OC(C)=O)c2ccccc2)[C@@H](C)c2ccccc2)c1. The summed E-state index contributed by atoms with van der Waals surface area (Å²) in [6, 6.07) is 26.3. The predicted octanol–water partition coefficient (Wildman–Crippen LogP) is 5.09. The van der Waals surface area contributed by atoms with Crippen LogP contribution in [0, 0.1) is 0 Å². The largest absolute Gasteiger partial charge is 0.497 e. The van der Waals surface area contributed by atoms with E-state index in [0.29, 0.717) is 12.1 Å². The van der Waals surface area contributed by atoms with Crippen LogP contribution in [-0.2, 0) is 20.9 Å². The van der Waals surface area contributed by atoms with Crippen LogP contribution in [0.25, 0.3) is 0 Å². The Kier molecular flexibility index (Phi) is 7.44. The molecule has 31 heavy (non-hydrogen) atoms. The van der Waals surface area contributed by atoms with Crippen molar-refractivity contribution in [2.75, 3.05) is 7.11 Å². The van der Waals surface area contributed by atoms with E-state index in [2.05, 4.69) is 0 Å². The van der Waals surface area contributed by atoms with Gasteiger partial charge in [0.25, 0.3) is 5.91 Å². The Balaban J connectivity index is 2.00. The highest BCUT2D eigenvalue weighted by atomic mass is 16.5. The van der Waals surface area contributed by atoms with Gasteiger partial charge in [-0.15, -0.1) is 0 Å². The Hall–Kier alpha value is -3.60. The summed E-state index contributed by atoms with van der Waals surface area (Å²) >= 11 is 0. The number of ether oxygens (including phenoxy) is 2. The van der Waals surface area contributed by atoms with Crippen LogP contribution in [0.1, 0.15) is 42.7 Å². The van der Waals surface area contributed by atoms with Gasteiger partial charge in [0.2, 0.25) is 6.10 Å². The van der Waals surface area contributed by atoms with Gasteiger partial charge < -0.3 is 14.4 Å². The molecule has 0 saturated carbocycles. The summed E-state index contributed by atoms with van der Waals surface area (Å²) in [6.45, 7) is 3.64. The second-order valence-electron chi connectivity index (χ2n) is 7.30. The first kappa shape index (κ1) is 22.1. The third-order valence-corrected chi connectivity index (χ3v) is 5.13. The highest BCUT2D eigenvalue weighted by Crippen LogP contribution is 2.29. The molecule has 5 heteroatoms. The summed E-state index contributed by atoms with van der Waals surface area (Å²) in [5.74, 6) is -0.0617. The van der Waals surface area contributed by atoms with Gasteiger partial charge in [0, 0.05) is 19.0 Å². The first-order chi connectivity index (χ1) is 15.0. The molecular formula is C26H27NO4. The molecular weight excluding hydrogens is 390 g/mol. The maximum absolute atomic E-state index is 13.8. The standard InChI is InChI=1S/C26H27NO4/c1-19(22-12-6-4-7-13-22)27(18-21-11-10-16-24(17-21)30-3)26(29)25(31-20(2)28)23-14-8-5-9-15-23/h4-17,19,25H,18H2,1-3H3/t19-,25-/m0/s1. The van der Waals surface area contributed by atoms with Crippen LogP contribution >= 0.6 is 0 Å². The normalized spacial score (nSPS) is 12.5. The Morgan fingerprint density at radius 1 is 0.871 bits per heavy atom. The van der Waals surface area contributed by atoms with Crippen molar-refractivity contribution in [3.63, 3.8) is 0 Å². The molecule has 0 aliphatic rings. The number of nitrogens with zero attached hydrogens (tertiary/aromatic N) is 1. The minimum atomic E-state index is -1.02. The molecule has 0 aliphatic heterocycles. The molecule has 160 valence electrons. The lowest BCUT2D eigenvalue weighted by Gasteiger charge is -2.33. The molecule has 0 fully saturated rings. The van der Waals surface area contributed by atoms with Crippen molar-refractivity contribution in [1.82, 2.24) is 4.90 Å². The zero-order chi connectivity index (χ0) is 22.2. The van der Waals surface area contributed by atoms with Gasteiger partial charge in [0.15, 0.2) is 0 Å². The molecule has 0 aliphatic carbocycles. The van der Waals surface area contributed by atoms with Gasteiger partial charge in [-0.2, -0.15) is 0 Å². The maximum Gasteiger partial charge on any atom is 0.303 e. The zero-order valence-corrected chi connectivity index (χ0v) is 18.0. The average Bonchev–Trinajstić information content (AvgIpc) is 2.81. The first-order valence-corrected chi connectivity index (χ1v) is 10.2. The predicted molar refractivity (Wildman–Crippen MR) is 119 cm³/mol. The molecule has 0 aromatic heterocycles. The van der Waals surface area contributed by atoms with E-state index in [9.17, 15) is 9.59 Å². The molecule has 2 atom stereocenters. The third-order valence-electron chi connectivity index (χ3n) is 5.13. The summed E-state index contributed by atoms with van der Waals surface area (Å²) in [5.41, 5.74) is 2.55. The number of benzene rings is 3. The number of esters is 1. The summed E-state index contributed by atoms with van der Waals surface area (Å²) < 4.78 is 10.8. The smallest absolute Gasteiger partial charge is 0.303 e. The van der Waals surface area contributed by atoms with Crippen molar-refractivity contribution < 1.29 is 19.1 Å². The number of hydrogen-bond donors (Lipinski definition) is 0. The molecule has 3 aromatic carbocycles. The van der Waals surface area contributed by atoms with E-state index in [0.717, 1.165) is 16.9 Å². The Bertz CT molecular complexity index is 1000. The lowest BCUT2D eigenvalue weighted by Crippen LogP contribution is -2.38. The van der Waals surface area contributed by atoms with Crippen LogP contribution in [0.15, 0.2) is 84.9 Å². The molecule has 0 bridgehead atoms. The molecule has 5 nitrogen and oxygen atoms in total. The number of rotatable bonds is 8. The van der Waals surface area contributed by atoms with Crippen LogP contribution in [0.3, 0.4) is 0 Å². The van der Waals surface area contributed by atoms with E-state index in [1.54, 1.807) is 24.1 Å². The molecule has 0 spiro atoms. The van der Waals surface area contributed by atoms with Gasteiger partial charge in [-0.25, -0.2) is 0 Å². The Morgan fingerprint density at radius 3 is 2.06 bits per heavy atom. The monoisotopic (exact) mass is 417 g/mol. The summed E-state index contributed by atoms with van der Waals surface area (Å²) in [5, 5.41) is 0. The zero-order valence-electron chi connectivity index (χ0n) is 18.0. The fraction of sp³-hybridized carbons (Fsp3) is 0.231. The minimum Gasteiger partial charge on any atom is -0.497 e. The summed E-state index contributed by atoms with van der Waals surface area (Å²) in [6.07, 6.45) is -1.02. The van der Waals surface area contributed by atoms with E-state index in [4.69, 9.17) is 9.47 Å². The van der Waals surface area contributed by atoms with Gasteiger partial charge in [0.05, 0.1) is 13.2 Å². The van der Waals surface area contributed by atoms with Crippen LogP contribution in [0.5, 0.6) is 5.75 Å². The highest BCUT2D eigenvalue weighted by Gasteiger charge is 2.32. The van der Waals surface area contributed by atoms with Gasteiger partial charge >= 0.3 is 5.97 Å². The fourth-order valence-electron chi connectivity index (χ4n) is 3.49. The topological polar surface area (TPSA) is 55.8 Å². The highest BCUT2D eigenvalue weighted by molar-refractivity contribution is 5.85. The summed E-state index contributed by atoms with van der Waals surface area (Å²) in [7, 11) is 1.61. The van der Waals surface area contributed by atoms with Crippen molar-refractivity contribution in [3.8, 4) is 5.75 Å². The number of carbonyl (C=O) groups excluding carboxylic acids is 2. The van der Waals surface area contributed by atoms with Gasteiger partial charge in [-0.05, 0) is 30.2 Å². The third kappa shape index (κ3) is 5.72. The molecule has 3 aromatic rings. The van der Waals surface area contributed by atoms with Gasteiger partial charge in [-0.3, -0.25) is 9.59 Å². The van der Waals surface area contributed by atoms with Crippen LogP contribution < -0.4 is 4.74 Å². The van der Waals surface area contributed by atoms with Crippen molar-refractivity contribution in [2.24, 2.45) is 0 Å². The van der Waals surface area contributed by atoms with Crippen LogP contribution in [-0.4, -0.2) is 23.9 Å². The van der Waals surface area contributed by atoms with E-state index in [-0.39, 0.29) is 11.9 Å². The quantitative estimate of drug-likeness (QED) is 0.479. The summed E-state index contributed by atoms with van der Waals surface area (Å²) in [4.78, 5) is 27.3. The Labute approximate surface area is 183 Å². The number of amides is 1. The Morgan fingerprint density at radius 2 is 1.48 bits per heavy atom. The van der Waals surface area contributed by atoms with Crippen molar-refractivity contribution in [3.05, 3.63) is 102 Å². The molecule has 3 rings (SSSR count). The van der Waals surface area contributed by atoms with Gasteiger partial charge in [0.1, 0.15) is 5.75 Å². The van der Waals surface area contributed by atoms with E-state index < -0.39 is 12.1 Å². The minimum absolute atomic E-state index is 0.235.